The monoisotopic (exact) mass is 348 g/mol. The summed E-state index contributed by atoms with van der Waals surface area (Å²) in [5.41, 5.74) is 5.02. The van der Waals surface area contributed by atoms with Crippen LogP contribution in [0.2, 0.25) is 0 Å². The molecule has 0 aliphatic heterocycles. The summed E-state index contributed by atoms with van der Waals surface area (Å²) in [5.74, 6) is -0.179. The van der Waals surface area contributed by atoms with Gasteiger partial charge in [-0.25, -0.2) is 0 Å². The highest BCUT2D eigenvalue weighted by atomic mass is 16.1. The zero-order valence-corrected chi connectivity index (χ0v) is 15.0. The van der Waals surface area contributed by atoms with Crippen molar-refractivity contribution in [2.75, 3.05) is 0 Å². The van der Waals surface area contributed by atoms with Crippen molar-refractivity contribution >= 4 is 5.78 Å². The summed E-state index contributed by atoms with van der Waals surface area (Å²) < 4.78 is 0. The van der Waals surface area contributed by atoms with Gasteiger partial charge in [0, 0.05) is 5.56 Å². The third-order valence-electron chi connectivity index (χ3n) is 4.80. The van der Waals surface area contributed by atoms with Crippen LogP contribution in [0.25, 0.3) is 11.1 Å². The molecule has 0 N–H and O–H groups in total. The highest BCUT2D eigenvalue weighted by molar-refractivity contribution is 6.03. The van der Waals surface area contributed by atoms with Gasteiger partial charge in [-0.1, -0.05) is 115 Å². The molecular formula is C26H20O. The lowest BCUT2D eigenvalue weighted by Crippen LogP contribution is -2.14. The van der Waals surface area contributed by atoms with Crippen molar-refractivity contribution in [1.82, 2.24) is 0 Å². The first kappa shape index (κ1) is 17.0. The summed E-state index contributed by atoms with van der Waals surface area (Å²) >= 11 is 0. The Morgan fingerprint density at radius 3 is 1.37 bits per heavy atom. The lowest BCUT2D eigenvalue weighted by atomic mass is 9.84. The molecule has 0 amide bonds. The molecule has 1 nitrogen and oxygen atoms in total. The maximum absolute atomic E-state index is 13.4. The highest BCUT2D eigenvalue weighted by Crippen LogP contribution is 2.29. The average molecular weight is 348 g/mol. The molecule has 0 fully saturated rings. The van der Waals surface area contributed by atoms with Crippen LogP contribution in [0, 0.1) is 0 Å². The minimum atomic E-state index is -0.296. The number of hydrogen-bond acceptors (Lipinski definition) is 1. The Hall–Kier alpha value is -3.45. The molecule has 0 spiro atoms. The van der Waals surface area contributed by atoms with Gasteiger partial charge in [0.2, 0.25) is 0 Å². The fourth-order valence-corrected chi connectivity index (χ4v) is 3.41. The Bertz CT molecular complexity index is 965. The van der Waals surface area contributed by atoms with Crippen molar-refractivity contribution in [2.24, 2.45) is 0 Å². The van der Waals surface area contributed by atoms with Crippen molar-refractivity contribution in [2.45, 2.75) is 5.92 Å². The lowest BCUT2D eigenvalue weighted by molar-refractivity contribution is 0.0974. The zero-order chi connectivity index (χ0) is 18.5. The van der Waals surface area contributed by atoms with E-state index < -0.39 is 0 Å². The van der Waals surface area contributed by atoms with E-state index in [2.05, 4.69) is 12.1 Å². The van der Waals surface area contributed by atoms with Crippen LogP contribution in [0.4, 0.5) is 0 Å². The minimum Gasteiger partial charge on any atom is -0.293 e. The molecule has 1 heteroatoms. The molecule has 27 heavy (non-hydrogen) atoms. The minimum absolute atomic E-state index is 0.118. The Morgan fingerprint density at radius 1 is 0.481 bits per heavy atom. The third kappa shape index (κ3) is 3.73. The van der Waals surface area contributed by atoms with Gasteiger partial charge in [0.1, 0.15) is 0 Å². The van der Waals surface area contributed by atoms with Crippen molar-refractivity contribution in [3.05, 3.63) is 132 Å². The number of hydrogen-bond donors (Lipinski definition) is 0. The molecule has 0 aliphatic rings. The van der Waals surface area contributed by atoms with Crippen LogP contribution in [0.3, 0.4) is 0 Å². The quantitative estimate of drug-likeness (QED) is 0.383. The molecule has 4 rings (SSSR count). The fraction of sp³-hybridized carbons (Fsp3) is 0.0385. The number of ketones is 1. The summed E-state index contributed by atoms with van der Waals surface area (Å²) in [6.45, 7) is 0. The average Bonchev–Trinajstić information content (AvgIpc) is 2.76. The van der Waals surface area contributed by atoms with E-state index in [1.54, 1.807) is 0 Å². The van der Waals surface area contributed by atoms with Crippen LogP contribution in [0.15, 0.2) is 115 Å². The molecule has 0 aliphatic carbocycles. The summed E-state index contributed by atoms with van der Waals surface area (Å²) in [5, 5.41) is 0. The van der Waals surface area contributed by atoms with Crippen LogP contribution >= 0.6 is 0 Å². The van der Waals surface area contributed by atoms with Gasteiger partial charge in [-0.05, 0) is 22.3 Å². The van der Waals surface area contributed by atoms with Crippen LogP contribution in [0.1, 0.15) is 27.4 Å². The van der Waals surface area contributed by atoms with E-state index >= 15 is 0 Å². The smallest absolute Gasteiger partial charge is 0.174 e. The zero-order valence-electron chi connectivity index (χ0n) is 15.0. The Morgan fingerprint density at radius 2 is 0.889 bits per heavy atom. The lowest BCUT2D eigenvalue weighted by Gasteiger charge is -2.17. The Kier molecular flexibility index (Phi) is 4.93. The molecule has 0 saturated carbocycles. The summed E-state index contributed by atoms with van der Waals surface area (Å²) in [6.07, 6.45) is 0. The summed E-state index contributed by atoms with van der Waals surface area (Å²) in [7, 11) is 0. The van der Waals surface area contributed by atoms with E-state index in [-0.39, 0.29) is 11.7 Å². The van der Waals surface area contributed by atoms with E-state index in [0.717, 1.165) is 27.8 Å². The topological polar surface area (TPSA) is 17.1 Å². The van der Waals surface area contributed by atoms with Gasteiger partial charge in [0.15, 0.2) is 5.78 Å². The van der Waals surface area contributed by atoms with E-state index in [1.165, 1.54) is 0 Å². The maximum atomic E-state index is 13.4. The van der Waals surface area contributed by atoms with Crippen LogP contribution < -0.4 is 0 Å². The maximum Gasteiger partial charge on any atom is 0.174 e. The molecule has 0 aromatic heterocycles. The van der Waals surface area contributed by atoms with E-state index in [4.69, 9.17) is 0 Å². The normalized spacial score (nSPS) is 10.7. The van der Waals surface area contributed by atoms with E-state index in [0.29, 0.717) is 0 Å². The highest BCUT2D eigenvalue weighted by Gasteiger charge is 2.23. The molecule has 0 bridgehead atoms. The van der Waals surface area contributed by atoms with Gasteiger partial charge in [0.25, 0.3) is 0 Å². The Balaban J connectivity index is 1.70. The van der Waals surface area contributed by atoms with Crippen molar-refractivity contribution in [1.29, 1.82) is 0 Å². The molecule has 0 saturated heterocycles. The predicted octanol–water partition coefficient (Wildman–Crippen LogP) is 6.37. The molecule has 4 aromatic carbocycles. The van der Waals surface area contributed by atoms with Gasteiger partial charge in [-0.2, -0.15) is 0 Å². The van der Waals surface area contributed by atoms with Crippen LogP contribution in [-0.4, -0.2) is 5.78 Å². The van der Waals surface area contributed by atoms with Crippen molar-refractivity contribution < 1.29 is 4.79 Å². The standard InChI is InChI=1S/C26H20O/c27-26(24-18-16-21(17-19-24)20-10-4-1-5-11-20)25(22-12-6-2-7-13-22)23-14-8-3-9-15-23/h1-19,25H. The molecule has 0 unspecified atom stereocenters. The van der Waals surface area contributed by atoms with Gasteiger partial charge < -0.3 is 0 Å². The number of carbonyl (C=O) groups is 1. The summed E-state index contributed by atoms with van der Waals surface area (Å²) in [6, 6.07) is 38.1. The number of rotatable bonds is 5. The second-order valence-electron chi connectivity index (χ2n) is 6.56. The van der Waals surface area contributed by atoms with Crippen molar-refractivity contribution in [3.8, 4) is 11.1 Å². The van der Waals surface area contributed by atoms with E-state index in [9.17, 15) is 4.79 Å². The van der Waals surface area contributed by atoms with Crippen LogP contribution in [-0.2, 0) is 0 Å². The fourth-order valence-electron chi connectivity index (χ4n) is 3.41. The molecular weight excluding hydrogens is 328 g/mol. The molecule has 0 heterocycles. The third-order valence-corrected chi connectivity index (χ3v) is 4.80. The largest absolute Gasteiger partial charge is 0.293 e. The number of Topliss-reactive ketones (excluding diaryl/α,β-unsaturated/α-hetero) is 1. The van der Waals surface area contributed by atoms with Gasteiger partial charge in [0.05, 0.1) is 5.92 Å². The summed E-state index contributed by atoms with van der Waals surface area (Å²) in [4.78, 5) is 13.4. The second kappa shape index (κ2) is 7.84. The molecule has 130 valence electrons. The first-order chi connectivity index (χ1) is 13.3. The second-order valence-corrected chi connectivity index (χ2v) is 6.56. The van der Waals surface area contributed by atoms with E-state index in [1.807, 2.05) is 103 Å². The van der Waals surface area contributed by atoms with Crippen LogP contribution in [0.5, 0.6) is 0 Å². The first-order valence-electron chi connectivity index (χ1n) is 9.12. The number of benzene rings is 4. The van der Waals surface area contributed by atoms with Crippen molar-refractivity contribution in [3.63, 3.8) is 0 Å². The SMILES string of the molecule is O=C(c1ccc(-c2ccccc2)cc1)C(c1ccccc1)c1ccccc1. The van der Waals surface area contributed by atoms with Gasteiger partial charge in [-0.15, -0.1) is 0 Å². The Labute approximate surface area is 159 Å². The van der Waals surface area contributed by atoms with Gasteiger partial charge >= 0.3 is 0 Å². The van der Waals surface area contributed by atoms with Gasteiger partial charge in [-0.3, -0.25) is 4.79 Å². The molecule has 0 atom stereocenters. The molecule has 4 aromatic rings. The first-order valence-corrected chi connectivity index (χ1v) is 9.12. The predicted molar refractivity (Wildman–Crippen MR) is 111 cm³/mol. The molecule has 0 radical (unpaired) electrons. The number of carbonyl (C=O) groups excluding carboxylic acids is 1.